The molecule has 1 aliphatic carbocycles. The number of aryl methyl sites for hydroxylation is 2. The third kappa shape index (κ3) is 6.81. The first-order chi connectivity index (χ1) is 16.3. The van der Waals surface area contributed by atoms with E-state index in [0.29, 0.717) is 26.1 Å². The van der Waals surface area contributed by atoms with Gasteiger partial charge in [-0.05, 0) is 74.6 Å². The number of carboxylic acids is 1. The van der Waals surface area contributed by atoms with Crippen molar-refractivity contribution in [2.75, 3.05) is 26.7 Å². The fraction of sp³-hybridized carbons (Fsp3) is 0.667. The number of hydrogen-bond donors (Lipinski definition) is 2. The number of esters is 1. The van der Waals surface area contributed by atoms with Crippen molar-refractivity contribution in [2.24, 2.45) is 11.8 Å². The summed E-state index contributed by atoms with van der Waals surface area (Å²) in [6, 6.07) is 6.70. The van der Waals surface area contributed by atoms with Crippen molar-refractivity contribution in [3.63, 3.8) is 0 Å². The molecule has 190 valence electrons. The van der Waals surface area contributed by atoms with Gasteiger partial charge in [-0.2, -0.15) is 0 Å². The minimum Gasteiger partial charge on any atom is -0.481 e. The summed E-state index contributed by atoms with van der Waals surface area (Å²) in [5.74, 6) is -1.05. The molecule has 3 atom stereocenters. The van der Waals surface area contributed by atoms with Crippen molar-refractivity contribution in [1.82, 2.24) is 10.2 Å². The molecular weight excluding hydrogens is 432 g/mol. The van der Waals surface area contributed by atoms with E-state index in [9.17, 15) is 19.5 Å². The van der Waals surface area contributed by atoms with Gasteiger partial charge >= 0.3 is 11.9 Å². The SMILES string of the molecule is CCOC(=O)CCN(C=O)CCC1C(CC(=O)O)CCCC1(NC)c1ccc(CC)c(CC)c1. The standard InChI is InChI=1S/C27H42N2O5/c1-5-20-10-11-23(17-21(20)6-2)27(28-4)14-8-9-22(18-25(31)32)24(27)12-15-29(19-30)16-13-26(33)34-7-3/h10-11,17,19,22,24,28H,5-9,12-16,18H2,1-4H3,(H,31,32). The number of benzene rings is 1. The molecule has 0 saturated heterocycles. The average Bonchev–Trinajstić information content (AvgIpc) is 2.84. The lowest BCUT2D eigenvalue weighted by Crippen LogP contribution is -2.53. The number of carboxylic acid groups (broad SMARTS) is 1. The average molecular weight is 475 g/mol. The van der Waals surface area contributed by atoms with E-state index in [1.54, 1.807) is 11.8 Å². The minimum absolute atomic E-state index is 0.00758. The number of carbonyl (C=O) groups excluding carboxylic acids is 2. The molecule has 0 radical (unpaired) electrons. The van der Waals surface area contributed by atoms with Crippen molar-refractivity contribution in [1.29, 1.82) is 0 Å². The van der Waals surface area contributed by atoms with E-state index < -0.39 is 5.97 Å². The maximum Gasteiger partial charge on any atom is 0.307 e. The molecule has 3 unspecified atom stereocenters. The van der Waals surface area contributed by atoms with Gasteiger partial charge in [0.1, 0.15) is 0 Å². The highest BCUT2D eigenvalue weighted by atomic mass is 16.5. The van der Waals surface area contributed by atoms with E-state index in [1.165, 1.54) is 16.7 Å². The number of aliphatic carboxylic acids is 1. The Morgan fingerprint density at radius 3 is 2.53 bits per heavy atom. The lowest BCUT2D eigenvalue weighted by atomic mass is 9.61. The molecule has 2 rings (SSSR count). The highest BCUT2D eigenvalue weighted by Gasteiger charge is 2.46. The van der Waals surface area contributed by atoms with Gasteiger partial charge in [-0.25, -0.2) is 0 Å². The van der Waals surface area contributed by atoms with Crippen LogP contribution in [-0.2, 0) is 37.5 Å². The third-order valence-corrected chi connectivity index (χ3v) is 7.50. The van der Waals surface area contributed by atoms with Crippen LogP contribution in [0.25, 0.3) is 0 Å². The molecule has 0 aromatic heterocycles. The van der Waals surface area contributed by atoms with E-state index in [1.807, 2.05) is 7.05 Å². The fourth-order valence-corrected chi connectivity index (χ4v) is 5.76. The molecule has 1 aromatic carbocycles. The zero-order valence-corrected chi connectivity index (χ0v) is 21.3. The van der Waals surface area contributed by atoms with Gasteiger partial charge in [0, 0.05) is 25.0 Å². The largest absolute Gasteiger partial charge is 0.481 e. The highest BCUT2D eigenvalue weighted by Crippen LogP contribution is 2.48. The number of hydrogen-bond acceptors (Lipinski definition) is 5. The van der Waals surface area contributed by atoms with Crippen molar-refractivity contribution < 1.29 is 24.2 Å². The summed E-state index contributed by atoms with van der Waals surface area (Å²) >= 11 is 0. The van der Waals surface area contributed by atoms with Crippen LogP contribution in [0.1, 0.15) is 76.0 Å². The van der Waals surface area contributed by atoms with Gasteiger partial charge in [0.05, 0.1) is 13.0 Å². The zero-order chi connectivity index (χ0) is 25.1. The number of carbonyl (C=O) groups is 3. The molecule has 34 heavy (non-hydrogen) atoms. The first-order valence-corrected chi connectivity index (χ1v) is 12.7. The molecule has 0 aliphatic heterocycles. The summed E-state index contributed by atoms with van der Waals surface area (Å²) in [6.45, 7) is 7.19. The topological polar surface area (TPSA) is 95.9 Å². The first kappa shape index (κ1) is 27.8. The van der Waals surface area contributed by atoms with Gasteiger partial charge in [0.15, 0.2) is 0 Å². The van der Waals surface area contributed by atoms with E-state index in [2.05, 4.69) is 37.4 Å². The number of nitrogens with one attached hydrogen (secondary N) is 1. The molecule has 7 nitrogen and oxygen atoms in total. The summed E-state index contributed by atoms with van der Waals surface area (Å²) in [5, 5.41) is 13.2. The van der Waals surface area contributed by atoms with Crippen LogP contribution in [0.15, 0.2) is 18.2 Å². The lowest BCUT2D eigenvalue weighted by molar-refractivity contribution is -0.144. The molecule has 1 fully saturated rings. The molecular formula is C27H42N2O5. The molecule has 7 heteroatoms. The van der Waals surface area contributed by atoms with Crippen LogP contribution < -0.4 is 5.32 Å². The Bertz CT molecular complexity index is 827. The second-order valence-corrected chi connectivity index (χ2v) is 9.25. The quantitative estimate of drug-likeness (QED) is 0.313. The third-order valence-electron chi connectivity index (χ3n) is 7.50. The Balaban J connectivity index is 2.34. The van der Waals surface area contributed by atoms with Gasteiger partial charge in [0.25, 0.3) is 0 Å². The summed E-state index contributed by atoms with van der Waals surface area (Å²) in [5.41, 5.74) is 3.52. The van der Waals surface area contributed by atoms with Gasteiger partial charge < -0.3 is 20.1 Å². The van der Waals surface area contributed by atoms with Crippen molar-refractivity contribution in [3.05, 3.63) is 34.9 Å². The Kier molecular flexibility index (Phi) is 11.0. The highest BCUT2D eigenvalue weighted by molar-refractivity contribution is 5.70. The number of rotatable bonds is 14. The van der Waals surface area contributed by atoms with Crippen LogP contribution in [0.5, 0.6) is 0 Å². The molecule has 1 amide bonds. The van der Waals surface area contributed by atoms with E-state index in [-0.39, 0.29) is 36.2 Å². The van der Waals surface area contributed by atoms with Crippen molar-refractivity contribution >= 4 is 18.3 Å². The Labute approximate surface area is 204 Å². The van der Waals surface area contributed by atoms with Crippen LogP contribution in [0, 0.1) is 11.8 Å². The summed E-state index contributed by atoms with van der Waals surface area (Å²) < 4.78 is 4.98. The van der Waals surface area contributed by atoms with Gasteiger partial charge in [-0.1, -0.05) is 38.5 Å². The number of amides is 1. The van der Waals surface area contributed by atoms with E-state index in [4.69, 9.17) is 4.74 Å². The normalized spacial score (nSPS) is 22.2. The summed E-state index contributed by atoms with van der Waals surface area (Å²) in [6.07, 6.45) is 6.38. The molecule has 0 bridgehead atoms. The summed E-state index contributed by atoms with van der Waals surface area (Å²) in [7, 11) is 1.97. The van der Waals surface area contributed by atoms with Gasteiger partial charge in [0.2, 0.25) is 6.41 Å². The zero-order valence-electron chi connectivity index (χ0n) is 21.3. The van der Waals surface area contributed by atoms with Crippen LogP contribution in [0.3, 0.4) is 0 Å². The van der Waals surface area contributed by atoms with Gasteiger partial charge in [-0.3, -0.25) is 14.4 Å². The Morgan fingerprint density at radius 2 is 1.94 bits per heavy atom. The maximum absolute atomic E-state index is 11.7. The summed E-state index contributed by atoms with van der Waals surface area (Å²) in [4.78, 5) is 36.8. The first-order valence-electron chi connectivity index (χ1n) is 12.7. The maximum atomic E-state index is 11.7. The minimum atomic E-state index is -0.785. The van der Waals surface area contributed by atoms with Crippen LogP contribution >= 0.6 is 0 Å². The molecule has 1 saturated carbocycles. The molecule has 0 heterocycles. The molecule has 1 aliphatic rings. The van der Waals surface area contributed by atoms with Gasteiger partial charge in [-0.15, -0.1) is 0 Å². The fourth-order valence-electron chi connectivity index (χ4n) is 5.76. The second kappa shape index (κ2) is 13.5. The molecule has 2 N–H and O–H groups in total. The van der Waals surface area contributed by atoms with Crippen LogP contribution in [0.4, 0.5) is 0 Å². The Morgan fingerprint density at radius 1 is 1.21 bits per heavy atom. The lowest BCUT2D eigenvalue weighted by Gasteiger charge is -2.49. The second-order valence-electron chi connectivity index (χ2n) is 9.25. The number of ether oxygens (including phenoxy) is 1. The van der Waals surface area contributed by atoms with Crippen LogP contribution in [0.2, 0.25) is 0 Å². The van der Waals surface area contributed by atoms with Crippen molar-refractivity contribution in [3.8, 4) is 0 Å². The Hall–Kier alpha value is -2.41. The van der Waals surface area contributed by atoms with Crippen molar-refractivity contribution in [2.45, 2.75) is 77.7 Å². The monoisotopic (exact) mass is 474 g/mol. The van der Waals surface area contributed by atoms with E-state index in [0.717, 1.165) is 38.5 Å². The predicted molar refractivity (Wildman–Crippen MR) is 133 cm³/mol. The smallest absolute Gasteiger partial charge is 0.307 e. The van der Waals surface area contributed by atoms with E-state index >= 15 is 0 Å². The van der Waals surface area contributed by atoms with Crippen LogP contribution in [-0.4, -0.2) is 55.1 Å². The molecule has 1 aromatic rings. The number of nitrogens with zero attached hydrogens (tertiary/aromatic N) is 1. The predicted octanol–water partition coefficient (Wildman–Crippen LogP) is 3.92. The molecule has 0 spiro atoms.